The summed E-state index contributed by atoms with van der Waals surface area (Å²) in [6.45, 7) is 14.8. The highest BCUT2D eigenvalue weighted by atomic mass is 32.1. The zero-order chi connectivity index (χ0) is 15.5. The standard InChI is InChI=1S/C17H31N3S/c1-6-18-13(2)15-12-19-16(21-15)20-10-7-8-14(9-11-20)17(3,4)5/h12-14,18H,6-11H2,1-5H3. The largest absolute Gasteiger partial charge is 0.348 e. The lowest BCUT2D eigenvalue weighted by Crippen LogP contribution is -2.25. The number of hydrogen-bond acceptors (Lipinski definition) is 4. The predicted octanol–water partition coefficient (Wildman–Crippen LogP) is 4.47. The number of anilines is 1. The van der Waals surface area contributed by atoms with Crippen molar-refractivity contribution in [2.45, 2.75) is 59.9 Å². The molecule has 2 heterocycles. The summed E-state index contributed by atoms with van der Waals surface area (Å²) in [5.41, 5.74) is 0.434. The minimum atomic E-state index is 0.413. The Bertz CT molecular complexity index is 435. The second-order valence-electron chi connectivity index (χ2n) is 7.31. The maximum absolute atomic E-state index is 4.68. The van der Waals surface area contributed by atoms with Crippen molar-refractivity contribution in [3.63, 3.8) is 0 Å². The van der Waals surface area contributed by atoms with E-state index in [1.54, 1.807) is 0 Å². The summed E-state index contributed by atoms with van der Waals surface area (Å²) in [4.78, 5) is 8.53. The van der Waals surface area contributed by atoms with Gasteiger partial charge in [0, 0.05) is 30.2 Å². The molecule has 120 valence electrons. The molecular weight excluding hydrogens is 278 g/mol. The molecule has 1 saturated heterocycles. The molecule has 1 aliphatic heterocycles. The fourth-order valence-corrected chi connectivity index (χ4v) is 4.18. The van der Waals surface area contributed by atoms with Gasteiger partial charge in [-0.2, -0.15) is 0 Å². The topological polar surface area (TPSA) is 28.2 Å². The Hall–Kier alpha value is -0.610. The third-order valence-electron chi connectivity index (χ3n) is 4.67. The Labute approximate surface area is 134 Å². The summed E-state index contributed by atoms with van der Waals surface area (Å²) in [7, 11) is 0. The van der Waals surface area contributed by atoms with Gasteiger partial charge in [0.2, 0.25) is 0 Å². The van der Waals surface area contributed by atoms with Crippen LogP contribution < -0.4 is 10.2 Å². The van der Waals surface area contributed by atoms with E-state index in [1.165, 1.54) is 29.3 Å². The monoisotopic (exact) mass is 309 g/mol. The molecule has 0 spiro atoms. The van der Waals surface area contributed by atoms with Crippen LogP contribution in [0.1, 0.15) is 64.8 Å². The van der Waals surface area contributed by atoms with Gasteiger partial charge in [-0.25, -0.2) is 4.98 Å². The first-order chi connectivity index (χ1) is 9.91. The average Bonchev–Trinajstić information content (AvgIpc) is 2.75. The summed E-state index contributed by atoms with van der Waals surface area (Å²) in [6.07, 6.45) is 5.99. The number of thiazole rings is 1. The number of aromatic nitrogens is 1. The van der Waals surface area contributed by atoms with Gasteiger partial charge < -0.3 is 10.2 Å². The Kier molecular flexibility index (Phi) is 5.67. The molecule has 4 heteroatoms. The molecule has 0 radical (unpaired) electrons. The molecule has 0 aliphatic carbocycles. The first-order valence-corrected chi connectivity index (χ1v) is 9.17. The molecular formula is C17H31N3S. The molecule has 1 aromatic heterocycles. The maximum Gasteiger partial charge on any atom is 0.185 e. The normalized spacial score (nSPS) is 22.1. The number of nitrogens with one attached hydrogen (secondary N) is 1. The molecule has 1 aliphatic rings. The van der Waals surface area contributed by atoms with Crippen LogP contribution in [0.2, 0.25) is 0 Å². The van der Waals surface area contributed by atoms with Crippen molar-refractivity contribution in [1.82, 2.24) is 10.3 Å². The summed E-state index contributed by atoms with van der Waals surface area (Å²) in [6, 6.07) is 0.413. The SMILES string of the molecule is CCNC(C)c1cnc(N2CCCC(C(C)(C)C)CC2)s1. The molecule has 2 atom stereocenters. The number of nitrogens with zero attached hydrogens (tertiary/aromatic N) is 2. The van der Waals surface area contributed by atoms with Gasteiger partial charge in [-0.1, -0.05) is 27.7 Å². The van der Waals surface area contributed by atoms with Crippen LogP contribution >= 0.6 is 11.3 Å². The van der Waals surface area contributed by atoms with Crippen molar-refractivity contribution >= 4 is 16.5 Å². The van der Waals surface area contributed by atoms with Crippen molar-refractivity contribution in [2.24, 2.45) is 11.3 Å². The Morgan fingerprint density at radius 2 is 2.14 bits per heavy atom. The lowest BCUT2D eigenvalue weighted by Gasteiger charge is -2.29. The van der Waals surface area contributed by atoms with E-state index >= 15 is 0 Å². The van der Waals surface area contributed by atoms with Gasteiger partial charge in [-0.15, -0.1) is 11.3 Å². The average molecular weight is 310 g/mol. The number of hydrogen-bond donors (Lipinski definition) is 1. The Balaban J connectivity index is 1.99. The van der Waals surface area contributed by atoms with E-state index in [-0.39, 0.29) is 0 Å². The van der Waals surface area contributed by atoms with Crippen LogP contribution in [0.3, 0.4) is 0 Å². The van der Waals surface area contributed by atoms with E-state index in [4.69, 9.17) is 0 Å². The summed E-state index contributed by atoms with van der Waals surface area (Å²) in [5.74, 6) is 0.836. The highest BCUT2D eigenvalue weighted by Crippen LogP contribution is 2.36. The molecule has 2 rings (SSSR count). The second kappa shape index (κ2) is 7.10. The maximum atomic E-state index is 4.68. The third-order valence-corrected chi connectivity index (χ3v) is 5.91. The Morgan fingerprint density at radius 3 is 2.81 bits per heavy atom. The van der Waals surface area contributed by atoms with Gasteiger partial charge in [0.15, 0.2) is 5.13 Å². The smallest absolute Gasteiger partial charge is 0.185 e. The lowest BCUT2D eigenvalue weighted by atomic mass is 9.77. The van der Waals surface area contributed by atoms with E-state index in [0.29, 0.717) is 11.5 Å². The van der Waals surface area contributed by atoms with Crippen LogP contribution in [-0.2, 0) is 0 Å². The second-order valence-corrected chi connectivity index (χ2v) is 8.35. The quantitative estimate of drug-likeness (QED) is 0.889. The van der Waals surface area contributed by atoms with E-state index < -0.39 is 0 Å². The molecule has 1 N–H and O–H groups in total. The Morgan fingerprint density at radius 1 is 1.38 bits per heavy atom. The van der Waals surface area contributed by atoms with Crippen molar-refractivity contribution in [2.75, 3.05) is 24.5 Å². The fraction of sp³-hybridized carbons (Fsp3) is 0.824. The van der Waals surface area contributed by atoms with E-state index in [1.807, 2.05) is 11.3 Å². The van der Waals surface area contributed by atoms with Crippen LogP contribution in [0, 0.1) is 11.3 Å². The van der Waals surface area contributed by atoms with Gasteiger partial charge in [-0.05, 0) is 44.1 Å². The van der Waals surface area contributed by atoms with Crippen molar-refractivity contribution in [3.8, 4) is 0 Å². The van der Waals surface area contributed by atoms with Crippen LogP contribution in [-0.4, -0.2) is 24.6 Å². The van der Waals surface area contributed by atoms with E-state index in [2.05, 4.69) is 56.0 Å². The van der Waals surface area contributed by atoms with Gasteiger partial charge in [0.05, 0.1) is 0 Å². The number of rotatable bonds is 4. The highest BCUT2D eigenvalue weighted by Gasteiger charge is 2.27. The van der Waals surface area contributed by atoms with Crippen LogP contribution in [0.5, 0.6) is 0 Å². The molecule has 21 heavy (non-hydrogen) atoms. The van der Waals surface area contributed by atoms with Gasteiger partial charge in [0.25, 0.3) is 0 Å². The molecule has 2 unspecified atom stereocenters. The van der Waals surface area contributed by atoms with Crippen molar-refractivity contribution < 1.29 is 0 Å². The molecule has 0 bridgehead atoms. The minimum absolute atomic E-state index is 0.413. The van der Waals surface area contributed by atoms with Crippen LogP contribution in [0.4, 0.5) is 5.13 Å². The zero-order valence-corrected chi connectivity index (χ0v) is 15.1. The van der Waals surface area contributed by atoms with E-state index in [0.717, 1.165) is 25.6 Å². The third kappa shape index (κ3) is 4.43. The first kappa shape index (κ1) is 16.8. The lowest BCUT2D eigenvalue weighted by molar-refractivity contribution is 0.220. The molecule has 0 amide bonds. The van der Waals surface area contributed by atoms with Gasteiger partial charge >= 0.3 is 0 Å². The van der Waals surface area contributed by atoms with Crippen molar-refractivity contribution in [1.29, 1.82) is 0 Å². The fourth-order valence-electron chi connectivity index (χ4n) is 3.18. The molecule has 0 saturated carbocycles. The summed E-state index contributed by atoms with van der Waals surface area (Å²) in [5, 5.41) is 4.68. The zero-order valence-electron chi connectivity index (χ0n) is 14.3. The van der Waals surface area contributed by atoms with Gasteiger partial charge in [-0.3, -0.25) is 0 Å². The molecule has 1 aromatic rings. The van der Waals surface area contributed by atoms with E-state index in [9.17, 15) is 0 Å². The predicted molar refractivity (Wildman–Crippen MR) is 93.2 cm³/mol. The first-order valence-electron chi connectivity index (χ1n) is 8.36. The highest BCUT2D eigenvalue weighted by molar-refractivity contribution is 7.15. The molecule has 1 fully saturated rings. The summed E-state index contributed by atoms with van der Waals surface area (Å²) >= 11 is 1.86. The summed E-state index contributed by atoms with van der Waals surface area (Å²) < 4.78 is 0. The molecule has 0 aromatic carbocycles. The van der Waals surface area contributed by atoms with Crippen molar-refractivity contribution in [3.05, 3.63) is 11.1 Å². The van der Waals surface area contributed by atoms with Crippen LogP contribution in [0.15, 0.2) is 6.20 Å². The van der Waals surface area contributed by atoms with Gasteiger partial charge in [0.1, 0.15) is 0 Å². The van der Waals surface area contributed by atoms with Crippen LogP contribution in [0.25, 0.3) is 0 Å². The molecule has 3 nitrogen and oxygen atoms in total. The minimum Gasteiger partial charge on any atom is -0.348 e.